The fourth-order valence-corrected chi connectivity index (χ4v) is 2.59. The van der Waals surface area contributed by atoms with Crippen LogP contribution in [0.25, 0.3) is 0 Å². The van der Waals surface area contributed by atoms with Crippen molar-refractivity contribution < 1.29 is 9.53 Å². The van der Waals surface area contributed by atoms with E-state index in [1.165, 1.54) is 0 Å². The molecule has 20 heavy (non-hydrogen) atoms. The second-order valence-electron chi connectivity index (χ2n) is 6.12. The molecule has 1 fully saturated rings. The molecular weight excluding hydrogens is 254 g/mol. The van der Waals surface area contributed by atoms with Crippen molar-refractivity contribution in [3.63, 3.8) is 0 Å². The van der Waals surface area contributed by atoms with Crippen LogP contribution in [0.3, 0.4) is 0 Å². The van der Waals surface area contributed by atoms with E-state index >= 15 is 0 Å². The van der Waals surface area contributed by atoms with Crippen LogP contribution >= 0.6 is 0 Å². The zero-order chi connectivity index (χ0) is 14.5. The Morgan fingerprint density at radius 2 is 2.40 bits per heavy atom. The van der Waals surface area contributed by atoms with E-state index in [1.807, 2.05) is 24.3 Å². The Labute approximate surface area is 120 Å². The molecule has 0 spiro atoms. The molecule has 2 rings (SSSR count). The highest BCUT2D eigenvalue weighted by atomic mass is 16.5. The maximum Gasteiger partial charge on any atom is 0.223 e. The number of hydrogen-bond acceptors (Lipinski definition) is 3. The summed E-state index contributed by atoms with van der Waals surface area (Å²) in [4.78, 5) is 14.4. The summed E-state index contributed by atoms with van der Waals surface area (Å²) in [6, 6.07) is 0. The number of amides is 1. The Hall–Kier alpha value is -1.36. The summed E-state index contributed by atoms with van der Waals surface area (Å²) >= 11 is 0. The number of carbonyl (C=O) groups is 1. The topological polar surface area (TPSA) is 47.4 Å². The molecule has 2 heterocycles. The van der Waals surface area contributed by atoms with Gasteiger partial charge in [0.1, 0.15) is 0 Å². The summed E-state index contributed by atoms with van der Waals surface area (Å²) in [5.74, 6) is 1.10. The molecule has 1 atom stereocenters. The molecule has 1 aliphatic rings. The van der Waals surface area contributed by atoms with Gasteiger partial charge >= 0.3 is 0 Å². The van der Waals surface area contributed by atoms with E-state index in [0.717, 1.165) is 31.7 Å². The van der Waals surface area contributed by atoms with Crippen LogP contribution < -0.4 is 0 Å². The monoisotopic (exact) mass is 279 g/mol. The maximum atomic E-state index is 12.5. The summed E-state index contributed by atoms with van der Waals surface area (Å²) in [6.45, 7) is 7.25. The second-order valence-corrected chi connectivity index (χ2v) is 6.12. The first-order valence-corrected chi connectivity index (χ1v) is 7.37. The maximum absolute atomic E-state index is 12.5. The number of aromatic nitrogens is 2. The number of hydrogen-bond donors (Lipinski definition) is 0. The van der Waals surface area contributed by atoms with Gasteiger partial charge in [0.25, 0.3) is 0 Å². The van der Waals surface area contributed by atoms with E-state index in [4.69, 9.17) is 4.74 Å². The highest BCUT2D eigenvalue weighted by Crippen LogP contribution is 2.19. The predicted molar refractivity (Wildman–Crippen MR) is 77.0 cm³/mol. The lowest BCUT2D eigenvalue weighted by molar-refractivity contribution is -0.133. The van der Waals surface area contributed by atoms with Crippen molar-refractivity contribution in [3.8, 4) is 0 Å². The lowest BCUT2D eigenvalue weighted by Crippen LogP contribution is -2.34. The molecule has 0 N–H and O–H groups in total. The largest absolute Gasteiger partial charge is 0.381 e. The molecule has 1 aromatic heterocycles. The number of carbonyl (C=O) groups excluding carboxylic acids is 1. The minimum Gasteiger partial charge on any atom is -0.381 e. The minimum absolute atomic E-state index is 0.234. The van der Waals surface area contributed by atoms with Gasteiger partial charge in [0.05, 0.1) is 6.20 Å². The van der Waals surface area contributed by atoms with E-state index in [9.17, 15) is 4.79 Å². The summed E-state index contributed by atoms with van der Waals surface area (Å²) < 4.78 is 7.13. The zero-order valence-corrected chi connectivity index (χ0v) is 12.7. The molecule has 5 nitrogen and oxygen atoms in total. The van der Waals surface area contributed by atoms with Gasteiger partial charge in [-0.05, 0) is 18.3 Å². The van der Waals surface area contributed by atoms with Crippen molar-refractivity contribution in [2.45, 2.75) is 33.2 Å². The number of nitrogens with zero attached hydrogens (tertiary/aromatic N) is 3. The standard InChI is InChI=1S/C15H25N3O2/c1-12(2)8-18(10-14-7-16-17(3)9-14)15(19)6-13-4-5-20-11-13/h7,9,12-13H,4-6,8,10-11H2,1-3H3/t13-/m1/s1. The molecule has 0 aliphatic carbocycles. The minimum atomic E-state index is 0.234. The SMILES string of the molecule is CC(C)CN(Cc1cnn(C)c1)C(=O)C[C@H]1CCOC1. The van der Waals surface area contributed by atoms with E-state index in [0.29, 0.717) is 24.8 Å². The van der Waals surface area contributed by atoms with Gasteiger partial charge in [-0.25, -0.2) is 0 Å². The Morgan fingerprint density at radius 3 is 2.95 bits per heavy atom. The molecule has 0 unspecified atom stereocenters. The summed E-state index contributed by atoms with van der Waals surface area (Å²) in [6.07, 6.45) is 5.42. The van der Waals surface area contributed by atoms with Gasteiger partial charge in [0.15, 0.2) is 0 Å². The van der Waals surface area contributed by atoms with Gasteiger partial charge in [0.2, 0.25) is 5.91 Å². The number of aryl methyl sites for hydroxylation is 1. The summed E-state index contributed by atoms with van der Waals surface area (Å²) in [5.41, 5.74) is 1.09. The molecule has 1 saturated heterocycles. The van der Waals surface area contributed by atoms with Crippen LogP contribution in [-0.2, 0) is 23.1 Å². The van der Waals surface area contributed by atoms with Crippen LogP contribution in [0.2, 0.25) is 0 Å². The first-order valence-electron chi connectivity index (χ1n) is 7.37. The Kier molecular flexibility index (Phi) is 5.17. The van der Waals surface area contributed by atoms with Crippen molar-refractivity contribution in [1.29, 1.82) is 0 Å². The molecule has 5 heteroatoms. The normalized spacial score (nSPS) is 18.7. The highest BCUT2D eigenvalue weighted by molar-refractivity contribution is 5.76. The van der Waals surface area contributed by atoms with Crippen molar-refractivity contribution in [2.75, 3.05) is 19.8 Å². The first kappa shape index (κ1) is 15.0. The third-order valence-corrected chi connectivity index (χ3v) is 3.56. The Morgan fingerprint density at radius 1 is 1.60 bits per heavy atom. The average Bonchev–Trinajstić information content (AvgIpc) is 3.00. The second kappa shape index (κ2) is 6.88. The third kappa shape index (κ3) is 4.34. The quantitative estimate of drug-likeness (QED) is 0.798. The molecule has 1 aromatic rings. The molecular formula is C15H25N3O2. The molecule has 1 aliphatic heterocycles. The fourth-order valence-electron chi connectivity index (χ4n) is 2.59. The van der Waals surface area contributed by atoms with Gasteiger partial charge in [0, 0.05) is 51.5 Å². The molecule has 0 bridgehead atoms. The van der Waals surface area contributed by atoms with Gasteiger partial charge < -0.3 is 9.64 Å². The van der Waals surface area contributed by atoms with Crippen molar-refractivity contribution in [2.24, 2.45) is 18.9 Å². The van der Waals surface area contributed by atoms with Crippen molar-refractivity contribution >= 4 is 5.91 Å². The van der Waals surface area contributed by atoms with Gasteiger partial charge in [-0.2, -0.15) is 5.10 Å². The van der Waals surface area contributed by atoms with Crippen LogP contribution in [-0.4, -0.2) is 40.3 Å². The van der Waals surface area contributed by atoms with Crippen LogP contribution in [0.5, 0.6) is 0 Å². The van der Waals surface area contributed by atoms with Crippen LogP contribution in [0.15, 0.2) is 12.4 Å². The Bertz CT molecular complexity index is 436. The molecule has 1 amide bonds. The number of rotatable bonds is 6. The lowest BCUT2D eigenvalue weighted by atomic mass is 10.0. The van der Waals surface area contributed by atoms with Gasteiger partial charge in [-0.3, -0.25) is 9.48 Å². The van der Waals surface area contributed by atoms with Crippen molar-refractivity contribution in [1.82, 2.24) is 14.7 Å². The predicted octanol–water partition coefficient (Wildman–Crippen LogP) is 1.83. The lowest BCUT2D eigenvalue weighted by Gasteiger charge is -2.25. The molecule has 112 valence electrons. The van der Waals surface area contributed by atoms with Gasteiger partial charge in [-0.15, -0.1) is 0 Å². The fraction of sp³-hybridized carbons (Fsp3) is 0.733. The summed E-state index contributed by atoms with van der Waals surface area (Å²) in [7, 11) is 1.90. The Balaban J connectivity index is 1.96. The highest BCUT2D eigenvalue weighted by Gasteiger charge is 2.23. The van der Waals surface area contributed by atoms with E-state index in [1.54, 1.807) is 4.68 Å². The van der Waals surface area contributed by atoms with E-state index in [-0.39, 0.29) is 5.91 Å². The average molecular weight is 279 g/mol. The van der Waals surface area contributed by atoms with E-state index < -0.39 is 0 Å². The van der Waals surface area contributed by atoms with Crippen LogP contribution in [0, 0.1) is 11.8 Å². The smallest absolute Gasteiger partial charge is 0.223 e. The van der Waals surface area contributed by atoms with Crippen LogP contribution in [0.4, 0.5) is 0 Å². The molecule has 0 aromatic carbocycles. The van der Waals surface area contributed by atoms with E-state index in [2.05, 4.69) is 18.9 Å². The van der Waals surface area contributed by atoms with Gasteiger partial charge in [-0.1, -0.05) is 13.8 Å². The first-order chi connectivity index (χ1) is 9.54. The molecule has 0 radical (unpaired) electrons. The molecule has 0 saturated carbocycles. The summed E-state index contributed by atoms with van der Waals surface area (Å²) in [5, 5.41) is 4.17. The van der Waals surface area contributed by atoms with Crippen LogP contribution in [0.1, 0.15) is 32.3 Å². The van der Waals surface area contributed by atoms with Crippen molar-refractivity contribution in [3.05, 3.63) is 18.0 Å². The number of ether oxygens (including phenoxy) is 1. The third-order valence-electron chi connectivity index (χ3n) is 3.56. The zero-order valence-electron chi connectivity index (χ0n) is 12.7.